The first-order valence-corrected chi connectivity index (χ1v) is 9.65. The van der Waals surface area contributed by atoms with E-state index >= 15 is 0 Å². The van der Waals surface area contributed by atoms with Gasteiger partial charge in [0.1, 0.15) is 0 Å². The van der Waals surface area contributed by atoms with Gasteiger partial charge in [0.25, 0.3) is 0 Å². The fraction of sp³-hybridized carbons (Fsp3) is 0.364. The average Bonchev–Trinajstić information content (AvgIpc) is 2.70. The van der Waals surface area contributed by atoms with Gasteiger partial charge in [-0.2, -0.15) is 0 Å². The van der Waals surface area contributed by atoms with Gasteiger partial charge in [-0.1, -0.05) is 12.1 Å². The first-order chi connectivity index (χ1) is 13.8. The summed E-state index contributed by atoms with van der Waals surface area (Å²) in [5.41, 5.74) is 1.25. The summed E-state index contributed by atoms with van der Waals surface area (Å²) in [7, 11) is 0. The largest absolute Gasteiger partial charge is 2.00 e. The Bertz CT molecular complexity index is 776. The molecule has 0 amide bonds. The average molecular weight is 473 g/mol. The van der Waals surface area contributed by atoms with Crippen molar-refractivity contribution in [2.45, 2.75) is 25.7 Å². The summed E-state index contributed by atoms with van der Waals surface area (Å²) in [4.78, 5) is 8.62. The molecule has 1 aliphatic heterocycles. The smallest absolute Gasteiger partial charge is 1.00 e. The number of nitrogens with zero attached hydrogens (tertiary/aromatic N) is 2. The molecule has 8 heteroatoms. The molecule has 0 atom stereocenters. The molecule has 2 aromatic rings. The van der Waals surface area contributed by atoms with Gasteiger partial charge in [0, 0.05) is 23.6 Å². The number of para-hydroxylation sites is 2. The van der Waals surface area contributed by atoms with E-state index in [0.29, 0.717) is 48.9 Å². The minimum atomic E-state index is 0. The van der Waals surface area contributed by atoms with Crippen LogP contribution in [-0.4, -0.2) is 48.9 Å². The van der Waals surface area contributed by atoms with Crippen LogP contribution >= 0.6 is 0 Å². The normalized spacial score (nSPS) is 14.9. The Kier molecular flexibility index (Phi) is 12.0. The first kappa shape index (κ1) is 25.8. The van der Waals surface area contributed by atoms with E-state index in [2.05, 4.69) is 9.98 Å². The molecule has 4 bridgehead atoms. The van der Waals surface area contributed by atoms with E-state index in [4.69, 9.17) is 9.47 Å². The molecule has 161 valence electrons. The zero-order valence-corrected chi connectivity index (χ0v) is 18.6. The summed E-state index contributed by atoms with van der Waals surface area (Å²) in [5, 5.41) is 20.7. The summed E-state index contributed by atoms with van der Waals surface area (Å²) >= 11 is 0. The van der Waals surface area contributed by atoms with Crippen LogP contribution in [0.3, 0.4) is 0 Å². The molecule has 0 fully saturated rings. The predicted molar refractivity (Wildman–Crippen MR) is 111 cm³/mol. The Morgan fingerprint density at radius 3 is 1.53 bits per heavy atom. The summed E-state index contributed by atoms with van der Waals surface area (Å²) in [6.45, 7) is 2.04. The second kappa shape index (κ2) is 13.9. The topological polar surface area (TPSA) is 83.6 Å². The molecule has 3 rings (SSSR count). The van der Waals surface area contributed by atoms with Crippen LogP contribution in [0.15, 0.2) is 46.4 Å². The van der Waals surface area contributed by atoms with Crippen molar-refractivity contribution in [2.24, 2.45) is 9.98 Å². The number of hydrogen-bond acceptors (Lipinski definition) is 6. The molecule has 1 heterocycles. The van der Waals surface area contributed by atoms with Crippen LogP contribution in [0.25, 0.3) is 0 Å². The summed E-state index contributed by atoms with van der Waals surface area (Å²) in [5.74, 6) is 1.18. The second-order valence-electron chi connectivity index (χ2n) is 6.57. The van der Waals surface area contributed by atoms with Crippen LogP contribution in [0, 0.1) is 0 Å². The van der Waals surface area contributed by atoms with Crippen molar-refractivity contribution in [3.05, 3.63) is 47.5 Å². The Labute approximate surface area is 193 Å². The molecule has 2 aromatic carbocycles. The van der Waals surface area contributed by atoms with E-state index < -0.39 is 0 Å². The maximum atomic E-state index is 10.3. The Balaban J connectivity index is 0.00000225. The number of aromatic hydroxyl groups is 2. The van der Waals surface area contributed by atoms with Crippen molar-refractivity contribution in [1.82, 2.24) is 0 Å². The van der Waals surface area contributed by atoms with Crippen molar-refractivity contribution in [1.29, 1.82) is 0 Å². The van der Waals surface area contributed by atoms with Gasteiger partial charge in [-0.15, -0.1) is 0 Å². The summed E-state index contributed by atoms with van der Waals surface area (Å²) in [6.07, 6.45) is 7.06. The fourth-order valence-electron chi connectivity index (χ4n) is 2.88. The van der Waals surface area contributed by atoms with E-state index in [1.54, 1.807) is 36.7 Å². The molecule has 0 aliphatic carbocycles. The van der Waals surface area contributed by atoms with Crippen LogP contribution < -0.4 is 21.9 Å². The number of hydrogen-bond donors (Lipinski definition) is 2. The van der Waals surface area contributed by atoms with Crippen molar-refractivity contribution < 1.29 is 49.2 Å². The zero-order valence-electron chi connectivity index (χ0n) is 16.6. The second-order valence-corrected chi connectivity index (χ2v) is 6.57. The quantitative estimate of drug-likeness (QED) is 0.560. The van der Waals surface area contributed by atoms with E-state index in [9.17, 15) is 10.2 Å². The molecule has 1 aliphatic rings. The first-order valence-electron chi connectivity index (χ1n) is 9.65. The third-order valence-corrected chi connectivity index (χ3v) is 4.43. The molecule has 0 unspecified atom stereocenters. The molecule has 0 saturated heterocycles. The number of phenols is 2. The van der Waals surface area contributed by atoms with E-state index in [1.807, 2.05) is 12.1 Å². The number of aliphatic imine (C=N–C) groups is 2. The molecule has 0 saturated carbocycles. The number of fused-ring (bicyclic) bond motifs is 4. The van der Waals surface area contributed by atoms with Crippen molar-refractivity contribution in [3.63, 3.8) is 0 Å². The summed E-state index contributed by atoms with van der Waals surface area (Å²) in [6, 6.07) is 10.8. The molecule has 6 nitrogen and oxygen atoms in total. The minimum absolute atomic E-state index is 0. The Hall–Kier alpha value is -2.21. The maximum absolute atomic E-state index is 10.3. The Morgan fingerprint density at radius 1 is 0.667 bits per heavy atom. The van der Waals surface area contributed by atoms with Crippen molar-refractivity contribution in [2.75, 3.05) is 26.3 Å². The molecular formula is C22H26ClMnN2O4+. The zero-order chi connectivity index (χ0) is 19.6. The number of ether oxygens (including phenoxy) is 2. The van der Waals surface area contributed by atoms with Crippen LogP contribution in [0.5, 0.6) is 23.0 Å². The van der Waals surface area contributed by atoms with Gasteiger partial charge in [-0.25, -0.2) is 0 Å². The van der Waals surface area contributed by atoms with Crippen LogP contribution in [-0.2, 0) is 17.1 Å². The molecule has 1 radical (unpaired) electrons. The van der Waals surface area contributed by atoms with Crippen LogP contribution in [0.4, 0.5) is 0 Å². The van der Waals surface area contributed by atoms with Crippen molar-refractivity contribution in [3.8, 4) is 23.0 Å². The number of rotatable bonds is 0. The van der Waals surface area contributed by atoms with E-state index in [-0.39, 0.29) is 41.0 Å². The Morgan fingerprint density at radius 2 is 1.10 bits per heavy atom. The molecule has 30 heavy (non-hydrogen) atoms. The predicted octanol–water partition coefficient (Wildman–Crippen LogP) is 0.969. The number of phenolic OH excluding ortho intramolecular Hbond substituents is 2. The molecule has 0 aromatic heterocycles. The van der Waals surface area contributed by atoms with Crippen molar-refractivity contribution >= 4 is 12.4 Å². The number of halogens is 1. The third kappa shape index (κ3) is 7.56. The van der Waals surface area contributed by atoms with E-state index in [1.165, 1.54) is 0 Å². The van der Waals surface area contributed by atoms with Gasteiger partial charge >= 0.3 is 17.1 Å². The van der Waals surface area contributed by atoms with E-state index in [0.717, 1.165) is 25.7 Å². The third-order valence-electron chi connectivity index (χ3n) is 4.43. The van der Waals surface area contributed by atoms with Gasteiger partial charge in [0.15, 0.2) is 23.0 Å². The monoisotopic (exact) mass is 472 g/mol. The fourth-order valence-corrected chi connectivity index (χ4v) is 2.88. The maximum Gasteiger partial charge on any atom is 2.00 e. The molecule has 2 N–H and O–H groups in total. The van der Waals surface area contributed by atoms with Crippen LogP contribution in [0.1, 0.15) is 36.8 Å². The number of benzene rings is 2. The molecule has 0 spiro atoms. The molecular weight excluding hydrogens is 447 g/mol. The SMILES string of the molecule is Oc1c2cccc1OCCCCCCOc1cccc(c1O)C=NCCN=C2.[Cl-].[Mn+2]. The standard InChI is InChI=1S/C22H26N2O4.ClH.Mn/c25-21-17-7-5-9-19(21)27-13-3-1-2-4-14-28-20-10-6-8-18(22(20)26)16-24-12-11-23-15-17;;/h5-10,15-16,25-26H,1-4,11-14H2;1H;/q;;+2/p-1. The van der Waals surface area contributed by atoms with Gasteiger partial charge < -0.3 is 32.1 Å². The van der Waals surface area contributed by atoms with Gasteiger partial charge in [0.05, 0.1) is 26.3 Å². The summed E-state index contributed by atoms with van der Waals surface area (Å²) < 4.78 is 11.4. The van der Waals surface area contributed by atoms with Gasteiger partial charge in [-0.3, -0.25) is 9.98 Å². The minimum Gasteiger partial charge on any atom is -1.00 e. The van der Waals surface area contributed by atoms with Gasteiger partial charge in [-0.05, 0) is 49.9 Å². The van der Waals surface area contributed by atoms with Crippen LogP contribution in [0.2, 0.25) is 0 Å². The van der Waals surface area contributed by atoms with Gasteiger partial charge in [0.2, 0.25) is 0 Å².